The first-order chi connectivity index (χ1) is 17.1. The van der Waals surface area contributed by atoms with Crippen molar-refractivity contribution in [2.75, 3.05) is 17.3 Å². The molecular formula is C30H28N2O3. The van der Waals surface area contributed by atoms with Gasteiger partial charge in [-0.25, -0.2) is 0 Å². The Balaban J connectivity index is 1.55. The lowest BCUT2D eigenvalue weighted by atomic mass is 9.78. The summed E-state index contributed by atoms with van der Waals surface area (Å²) >= 11 is 0. The van der Waals surface area contributed by atoms with Gasteiger partial charge in [-0.1, -0.05) is 54.6 Å². The van der Waals surface area contributed by atoms with Gasteiger partial charge in [0.15, 0.2) is 5.78 Å². The Labute approximate surface area is 205 Å². The van der Waals surface area contributed by atoms with Crippen LogP contribution in [0, 0.1) is 5.92 Å². The number of benzene rings is 3. The molecule has 0 saturated heterocycles. The molecule has 2 atom stereocenters. The molecule has 176 valence electrons. The van der Waals surface area contributed by atoms with Gasteiger partial charge in [-0.15, -0.1) is 0 Å². The maximum Gasteiger partial charge on any atom is 0.231 e. The van der Waals surface area contributed by atoms with Crippen molar-refractivity contribution >= 4 is 23.1 Å². The maximum atomic E-state index is 13.9. The number of methoxy groups -OCH3 is 1. The summed E-state index contributed by atoms with van der Waals surface area (Å²) in [6.07, 6.45) is 2.93. The fourth-order valence-electron chi connectivity index (χ4n) is 5.45. The fourth-order valence-corrected chi connectivity index (χ4v) is 5.45. The molecular weight excluding hydrogens is 436 g/mol. The Morgan fingerprint density at radius 2 is 1.66 bits per heavy atom. The van der Waals surface area contributed by atoms with Gasteiger partial charge >= 0.3 is 0 Å². The van der Waals surface area contributed by atoms with Crippen molar-refractivity contribution < 1.29 is 14.3 Å². The number of allylic oxidation sites excluding steroid dienone is 1. The number of rotatable bonds is 4. The summed E-state index contributed by atoms with van der Waals surface area (Å²) in [5, 5.41) is 3.60. The van der Waals surface area contributed by atoms with Gasteiger partial charge in [0, 0.05) is 23.6 Å². The normalized spacial score (nSPS) is 21.5. The van der Waals surface area contributed by atoms with Crippen LogP contribution in [0.15, 0.2) is 90.1 Å². The second-order valence-electron chi connectivity index (χ2n) is 9.64. The van der Waals surface area contributed by atoms with E-state index in [-0.39, 0.29) is 23.5 Å². The number of carbonyl (C=O) groups is 2. The van der Waals surface area contributed by atoms with Gasteiger partial charge in [0.05, 0.1) is 24.5 Å². The minimum Gasteiger partial charge on any atom is -0.497 e. The Morgan fingerprint density at radius 1 is 0.914 bits per heavy atom. The number of carbonyl (C=O) groups excluding carboxylic acids is 2. The van der Waals surface area contributed by atoms with E-state index >= 15 is 0 Å². The van der Waals surface area contributed by atoms with Crippen LogP contribution in [0.25, 0.3) is 0 Å². The largest absolute Gasteiger partial charge is 0.497 e. The summed E-state index contributed by atoms with van der Waals surface area (Å²) in [5.41, 5.74) is 5.32. The molecule has 6 rings (SSSR count). The highest BCUT2D eigenvalue weighted by Gasteiger charge is 2.45. The Bertz CT molecular complexity index is 1330. The second-order valence-corrected chi connectivity index (χ2v) is 9.64. The number of nitrogens with zero attached hydrogens (tertiary/aromatic N) is 1. The standard InChI is InChI=1S/C30H28N2O3/c1-35-23-11-7-10-21(16-23)29-28-25(17-22(18-27(28)33)19-8-3-2-4-9-19)31-24-12-5-6-13-26(24)32(29)30(34)20-14-15-20/h2-13,16,20,22,29,31H,14-15,17-18H2,1H3/t22-,29-/m0/s1. The quantitative estimate of drug-likeness (QED) is 0.514. The smallest absolute Gasteiger partial charge is 0.231 e. The van der Waals surface area contributed by atoms with Crippen LogP contribution in [0.5, 0.6) is 5.75 Å². The number of fused-ring (bicyclic) bond motifs is 1. The molecule has 0 aromatic heterocycles. The molecule has 1 aliphatic heterocycles. The van der Waals surface area contributed by atoms with Crippen molar-refractivity contribution in [2.45, 2.75) is 37.6 Å². The zero-order valence-electron chi connectivity index (χ0n) is 19.7. The van der Waals surface area contributed by atoms with Crippen LogP contribution >= 0.6 is 0 Å². The monoisotopic (exact) mass is 464 g/mol. The van der Waals surface area contributed by atoms with Crippen molar-refractivity contribution in [2.24, 2.45) is 5.92 Å². The van der Waals surface area contributed by atoms with Gasteiger partial charge in [-0.05, 0) is 60.6 Å². The van der Waals surface area contributed by atoms with E-state index < -0.39 is 6.04 Å². The van der Waals surface area contributed by atoms with Gasteiger partial charge in [-0.2, -0.15) is 0 Å². The van der Waals surface area contributed by atoms with Crippen LogP contribution in [-0.2, 0) is 9.59 Å². The van der Waals surface area contributed by atoms with Crippen molar-refractivity contribution in [1.29, 1.82) is 0 Å². The summed E-state index contributed by atoms with van der Waals surface area (Å²) in [6.45, 7) is 0. The van der Waals surface area contributed by atoms with Crippen molar-refractivity contribution in [3.8, 4) is 5.75 Å². The molecule has 1 fully saturated rings. The molecule has 5 heteroatoms. The number of hydrogen-bond acceptors (Lipinski definition) is 4. The number of Topliss-reactive ketones (excluding diaryl/α,β-unsaturated/α-hetero) is 1. The lowest BCUT2D eigenvalue weighted by Gasteiger charge is -2.35. The molecule has 1 saturated carbocycles. The molecule has 1 amide bonds. The van der Waals surface area contributed by atoms with Crippen LogP contribution in [0.2, 0.25) is 0 Å². The molecule has 35 heavy (non-hydrogen) atoms. The van der Waals surface area contributed by atoms with Gasteiger partial charge in [-0.3, -0.25) is 14.5 Å². The van der Waals surface area contributed by atoms with Crippen LogP contribution in [0.1, 0.15) is 48.8 Å². The summed E-state index contributed by atoms with van der Waals surface area (Å²) in [4.78, 5) is 29.6. The molecule has 0 unspecified atom stereocenters. The van der Waals surface area contributed by atoms with E-state index in [2.05, 4.69) is 17.4 Å². The Hall–Kier alpha value is -3.86. The van der Waals surface area contributed by atoms with E-state index in [4.69, 9.17) is 4.74 Å². The lowest BCUT2D eigenvalue weighted by molar-refractivity contribution is -0.120. The molecule has 1 heterocycles. The third-order valence-electron chi connectivity index (χ3n) is 7.33. The third kappa shape index (κ3) is 3.91. The number of para-hydroxylation sites is 2. The van der Waals surface area contributed by atoms with E-state index in [0.29, 0.717) is 24.2 Å². The summed E-state index contributed by atoms with van der Waals surface area (Å²) in [5.74, 6) is 0.979. The van der Waals surface area contributed by atoms with E-state index in [1.807, 2.05) is 71.6 Å². The fraction of sp³-hybridized carbons (Fsp3) is 0.267. The topological polar surface area (TPSA) is 58.6 Å². The molecule has 0 bridgehead atoms. The lowest BCUT2D eigenvalue weighted by Crippen LogP contribution is -2.39. The minimum atomic E-state index is -0.506. The van der Waals surface area contributed by atoms with Crippen molar-refractivity contribution in [1.82, 2.24) is 0 Å². The van der Waals surface area contributed by atoms with E-state index in [1.54, 1.807) is 7.11 Å². The van der Waals surface area contributed by atoms with Gasteiger partial charge in [0.1, 0.15) is 5.75 Å². The third-order valence-corrected chi connectivity index (χ3v) is 7.33. The Morgan fingerprint density at radius 3 is 2.43 bits per heavy atom. The molecule has 5 nitrogen and oxygen atoms in total. The van der Waals surface area contributed by atoms with E-state index in [1.165, 1.54) is 0 Å². The SMILES string of the molecule is COc1cccc([C@H]2C3=C(C[C@H](c4ccccc4)CC3=O)Nc3ccccc3N2C(=O)C2CC2)c1. The number of hydrogen-bond donors (Lipinski definition) is 1. The first kappa shape index (κ1) is 21.7. The first-order valence-electron chi connectivity index (χ1n) is 12.3. The predicted octanol–water partition coefficient (Wildman–Crippen LogP) is 6.01. The number of ketones is 1. The summed E-state index contributed by atoms with van der Waals surface area (Å²) in [7, 11) is 1.64. The zero-order chi connectivity index (χ0) is 23.9. The average Bonchev–Trinajstić information content (AvgIpc) is 3.75. The van der Waals surface area contributed by atoms with E-state index in [9.17, 15) is 9.59 Å². The minimum absolute atomic E-state index is 0.00840. The van der Waals surface area contributed by atoms with Crippen LogP contribution < -0.4 is 15.0 Å². The molecule has 3 aromatic rings. The Kier molecular flexibility index (Phi) is 5.40. The van der Waals surface area contributed by atoms with Gasteiger partial charge < -0.3 is 10.1 Å². The molecule has 3 aliphatic rings. The van der Waals surface area contributed by atoms with Crippen LogP contribution in [-0.4, -0.2) is 18.8 Å². The highest BCUT2D eigenvalue weighted by Crippen LogP contribution is 2.49. The predicted molar refractivity (Wildman–Crippen MR) is 136 cm³/mol. The molecule has 0 radical (unpaired) electrons. The first-order valence-corrected chi connectivity index (χ1v) is 12.3. The average molecular weight is 465 g/mol. The molecule has 3 aromatic carbocycles. The molecule has 1 N–H and O–H groups in total. The van der Waals surface area contributed by atoms with Crippen LogP contribution in [0.3, 0.4) is 0 Å². The van der Waals surface area contributed by atoms with Crippen molar-refractivity contribution in [3.63, 3.8) is 0 Å². The highest BCUT2D eigenvalue weighted by atomic mass is 16.5. The highest BCUT2D eigenvalue weighted by molar-refractivity contribution is 6.07. The van der Waals surface area contributed by atoms with Crippen molar-refractivity contribution in [3.05, 3.63) is 101 Å². The molecule has 0 spiro atoms. The van der Waals surface area contributed by atoms with Gasteiger partial charge in [0.2, 0.25) is 5.91 Å². The molecule has 2 aliphatic carbocycles. The summed E-state index contributed by atoms with van der Waals surface area (Å²) < 4.78 is 5.52. The number of nitrogens with one attached hydrogen (secondary N) is 1. The number of anilines is 2. The second kappa shape index (κ2) is 8.73. The van der Waals surface area contributed by atoms with Crippen LogP contribution in [0.4, 0.5) is 11.4 Å². The zero-order valence-corrected chi connectivity index (χ0v) is 19.7. The van der Waals surface area contributed by atoms with Gasteiger partial charge in [0.25, 0.3) is 0 Å². The number of amides is 1. The summed E-state index contributed by atoms with van der Waals surface area (Å²) in [6, 6.07) is 25.4. The van der Waals surface area contributed by atoms with E-state index in [0.717, 1.165) is 41.0 Å². The maximum absolute atomic E-state index is 13.9. The number of ether oxygens (including phenoxy) is 1.